The highest BCUT2D eigenvalue weighted by Crippen LogP contribution is 2.16. The second-order valence-electron chi connectivity index (χ2n) is 2.03. The van der Waals surface area contributed by atoms with Crippen molar-refractivity contribution in [2.75, 3.05) is 0 Å². The van der Waals surface area contributed by atoms with Crippen LogP contribution in [-0.2, 0) is 0 Å². The van der Waals surface area contributed by atoms with Crippen LogP contribution in [0.25, 0.3) is 0 Å². The van der Waals surface area contributed by atoms with Crippen molar-refractivity contribution in [1.29, 1.82) is 5.26 Å². The van der Waals surface area contributed by atoms with Crippen molar-refractivity contribution < 1.29 is 14.6 Å². The van der Waals surface area contributed by atoms with E-state index in [9.17, 15) is 0 Å². The number of hydrogen-bond donors (Lipinski definition) is 2. The van der Waals surface area contributed by atoms with Crippen LogP contribution in [0.1, 0.15) is 11.9 Å². The molecule has 0 radical (unpaired) electrons. The molecule has 0 saturated heterocycles. The van der Waals surface area contributed by atoms with Gasteiger partial charge < -0.3 is 14.6 Å². The van der Waals surface area contributed by atoms with E-state index in [1.54, 1.807) is 6.07 Å². The molecule has 1 aromatic rings. The zero-order valence-corrected chi connectivity index (χ0v) is 5.64. The Labute approximate surface area is 63.3 Å². The molecule has 58 valence electrons. The van der Waals surface area contributed by atoms with Gasteiger partial charge in [0.1, 0.15) is 5.76 Å². The molecule has 0 saturated carbocycles. The molecule has 0 fully saturated rings. The molecular formula is C7H7NO3. The minimum Gasteiger partial charge on any atom is -0.466 e. The number of furan rings is 1. The molecule has 0 spiro atoms. The fourth-order valence-corrected chi connectivity index (χ4v) is 0.686. The third-order valence-corrected chi connectivity index (χ3v) is 1.27. The number of nitriles is 1. The Morgan fingerprint density at radius 3 is 2.73 bits per heavy atom. The van der Waals surface area contributed by atoms with Crippen molar-refractivity contribution in [1.82, 2.24) is 0 Å². The van der Waals surface area contributed by atoms with Gasteiger partial charge >= 0.3 is 0 Å². The molecule has 2 atom stereocenters. The topological polar surface area (TPSA) is 77.4 Å². The molecule has 2 unspecified atom stereocenters. The Kier molecular flexibility index (Phi) is 2.26. The fraction of sp³-hybridized carbons (Fsp3) is 0.286. The van der Waals surface area contributed by atoms with E-state index in [0.717, 1.165) is 0 Å². The van der Waals surface area contributed by atoms with Gasteiger partial charge in [0.05, 0.1) is 12.3 Å². The first-order chi connectivity index (χ1) is 5.25. The summed E-state index contributed by atoms with van der Waals surface area (Å²) >= 11 is 0. The molecule has 4 nitrogen and oxygen atoms in total. The van der Waals surface area contributed by atoms with Crippen molar-refractivity contribution in [2.24, 2.45) is 0 Å². The Morgan fingerprint density at radius 2 is 2.27 bits per heavy atom. The van der Waals surface area contributed by atoms with Crippen LogP contribution < -0.4 is 0 Å². The molecule has 4 heteroatoms. The summed E-state index contributed by atoms with van der Waals surface area (Å²) in [6.07, 6.45) is -1.32. The third kappa shape index (κ3) is 1.58. The molecule has 1 aromatic heterocycles. The van der Waals surface area contributed by atoms with Crippen LogP contribution in [0.3, 0.4) is 0 Å². The Bertz CT molecular complexity index is 249. The third-order valence-electron chi connectivity index (χ3n) is 1.27. The van der Waals surface area contributed by atoms with E-state index in [-0.39, 0.29) is 5.76 Å². The quantitative estimate of drug-likeness (QED) is 0.595. The molecule has 11 heavy (non-hydrogen) atoms. The Hall–Kier alpha value is -1.31. The van der Waals surface area contributed by atoms with Crippen LogP contribution in [0.5, 0.6) is 0 Å². The van der Waals surface area contributed by atoms with Crippen molar-refractivity contribution in [3.8, 4) is 6.07 Å². The molecule has 1 heterocycles. The van der Waals surface area contributed by atoms with Gasteiger partial charge in [0.15, 0.2) is 12.2 Å². The van der Waals surface area contributed by atoms with Crippen LogP contribution in [0.4, 0.5) is 0 Å². The van der Waals surface area contributed by atoms with Crippen molar-refractivity contribution in [2.45, 2.75) is 12.2 Å². The lowest BCUT2D eigenvalue weighted by atomic mass is 10.2. The maximum Gasteiger partial charge on any atom is 0.173 e. The van der Waals surface area contributed by atoms with Gasteiger partial charge in [0, 0.05) is 0 Å². The van der Waals surface area contributed by atoms with Crippen LogP contribution in [0.2, 0.25) is 0 Å². The van der Waals surface area contributed by atoms with Gasteiger partial charge in [-0.05, 0) is 12.1 Å². The molecule has 0 amide bonds. The van der Waals surface area contributed by atoms with Crippen LogP contribution in [-0.4, -0.2) is 16.3 Å². The highest BCUT2D eigenvalue weighted by molar-refractivity contribution is 5.07. The van der Waals surface area contributed by atoms with Crippen molar-refractivity contribution in [3.63, 3.8) is 0 Å². The highest BCUT2D eigenvalue weighted by Gasteiger charge is 2.19. The number of nitrogens with zero attached hydrogens (tertiary/aromatic N) is 1. The first kappa shape index (κ1) is 7.79. The second-order valence-corrected chi connectivity index (χ2v) is 2.03. The molecule has 0 aliphatic rings. The van der Waals surface area contributed by atoms with Crippen molar-refractivity contribution >= 4 is 0 Å². The van der Waals surface area contributed by atoms with Gasteiger partial charge in [0.2, 0.25) is 0 Å². The van der Waals surface area contributed by atoms with Gasteiger partial charge in [-0.1, -0.05) is 0 Å². The standard InChI is InChI=1S/C7H7NO3/c8-4-5(9)7(10)6-2-1-3-11-6/h1-3,5,7,9-10H. The summed E-state index contributed by atoms with van der Waals surface area (Å²) < 4.78 is 4.76. The van der Waals surface area contributed by atoms with Crippen LogP contribution >= 0.6 is 0 Å². The molecule has 0 aliphatic heterocycles. The van der Waals surface area contributed by atoms with Gasteiger partial charge in [-0.15, -0.1) is 0 Å². The highest BCUT2D eigenvalue weighted by atomic mass is 16.4. The average Bonchev–Trinajstić information content (AvgIpc) is 2.53. The Morgan fingerprint density at radius 1 is 1.55 bits per heavy atom. The normalized spacial score (nSPS) is 15.4. The number of hydrogen-bond acceptors (Lipinski definition) is 4. The molecule has 0 aliphatic carbocycles. The lowest BCUT2D eigenvalue weighted by molar-refractivity contribution is 0.0377. The first-order valence-corrected chi connectivity index (χ1v) is 3.05. The summed E-state index contributed by atoms with van der Waals surface area (Å²) in [7, 11) is 0. The minimum atomic E-state index is -1.43. The predicted octanol–water partition coefficient (Wildman–Crippen LogP) is 0.197. The number of rotatable bonds is 2. The SMILES string of the molecule is N#CC(O)C(O)c1ccco1. The maximum absolute atomic E-state index is 9.11. The van der Waals surface area contributed by atoms with Crippen LogP contribution in [0, 0.1) is 11.3 Å². The fourth-order valence-electron chi connectivity index (χ4n) is 0.686. The summed E-state index contributed by atoms with van der Waals surface area (Å²) in [5, 5.41) is 26.1. The largest absolute Gasteiger partial charge is 0.466 e. The molecule has 2 N–H and O–H groups in total. The van der Waals surface area contributed by atoms with E-state index in [2.05, 4.69) is 0 Å². The summed E-state index contributed by atoms with van der Waals surface area (Å²) in [6, 6.07) is 4.56. The smallest absolute Gasteiger partial charge is 0.173 e. The molecule has 1 rings (SSSR count). The first-order valence-electron chi connectivity index (χ1n) is 3.05. The van der Waals surface area contributed by atoms with E-state index < -0.39 is 12.2 Å². The lowest BCUT2D eigenvalue weighted by Gasteiger charge is -2.06. The number of aliphatic hydroxyl groups excluding tert-OH is 2. The zero-order chi connectivity index (χ0) is 8.27. The summed E-state index contributed by atoms with van der Waals surface area (Å²) in [6.45, 7) is 0. The van der Waals surface area contributed by atoms with Gasteiger partial charge in [-0.2, -0.15) is 5.26 Å². The number of aliphatic hydroxyl groups is 2. The molecule has 0 aromatic carbocycles. The lowest BCUT2D eigenvalue weighted by Crippen LogP contribution is -2.14. The van der Waals surface area contributed by atoms with E-state index in [1.807, 2.05) is 0 Å². The van der Waals surface area contributed by atoms with Gasteiger partial charge in [-0.25, -0.2) is 0 Å². The summed E-state index contributed by atoms with van der Waals surface area (Å²) in [5.74, 6) is 0.194. The van der Waals surface area contributed by atoms with E-state index in [1.165, 1.54) is 18.4 Å². The zero-order valence-electron chi connectivity index (χ0n) is 5.64. The summed E-state index contributed by atoms with van der Waals surface area (Å²) in [5.41, 5.74) is 0. The summed E-state index contributed by atoms with van der Waals surface area (Å²) in [4.78, 5) is 0. The van der Waals surface area contributed by atoms with E-state index in [0.29, 0.717) is 0 Å². The van der Waals surface area contributed by atoms with E-state index in [4.69, 9.17) is 19.9 Å². The van der Waals surface area contributed by atoms with E-state index >= 15 is 0 Å². The minimum absolute atomic E-state index is 0.194. The van der Waals surface area contributed by atoms with Crippen molar-refractivity contribution in [3.05, 3.63) is 24.2 Å². The van der Waals surface area contributed by atoms with Crippen LogP contribution in [0.15, 0.2) is 22.8 Å². The molecule has 0 bridgehead atoms. The van der Waals surface area contributed by atoms with Gasteiger partial charge in [-0.3, -0.25) is 0 Å². The Balaban J connectivity index is 2.71. The molecular weight excluding hydrogens is 146 g/mol. The second kappa shape index (κ2) is 3.19. The van der Waals surface area contributed by atoms with Gasteiger partial charge in [0.25, 0.3) is 0 Å². The monoisotopic (exact) mass is 153 g/mol. The predicted molar refractivity (Wildman–Crippen MR) is 35.3 cm³/mol. The average molecular weight is 153 g/mol. The maximum atomic E-state index is 9.11.